The Kier molecular flexibility index (Phi) is 4.66. The number of carbonyl (C=O) groups is 1. The molecule has 1 aromatic rings. The summed E-state index contributed by atoms with van der Waals surface area (Å²) in [5.74, 6) is -0.284. The first kappa shape index (κ1) is 13.8. The maximum Gasteiger partial charge on any atom is 0.190 e. The first-order chi connectivity index (χ1) is 7.31. The third-order valence-electron chi connectivity index (χ3n) is 1.98. The summed E-state index contributed by atoms with van der Waals surface area (Å²) in [7, 11) is -3.07. The SMILES string of the molecule is CS(=O)(=O)CCC(N)C(=O)c1sccc1Br. The molecule has 4 nitrogen and oxygen atoms in total. The van der Waals surface area contributed by atoms with Gasteiger partial charge in [-0.25, -0.2) is 8.42 Å². The number of ketones is 1. The molecule has 1 heterocycles. The topological polar surface area (TPSA) is 77.2 Å². The second-order valence-electron chi connectivity index (χ2n) is 3.49. The maximum atomic E-state index is 11.8. The molecule has 0 aliphatic carbocycles. The summed E-state index contributed by atoms with van der Waals surface area (Å²) in [5.41, 5.74) is 5.66. The van der Waals surface area contributed by atoms with Gasteiger partial charge in [0.15, 0.2) is 5.78 Å². The Bertz CT molecular complexity index is 481. The Labute approximate surface area is 107 Å². The van der Waals surface area contributed by atoms with E-state index >= 15 is 0 Å². The second kappa shape index (κ2) is 5.39. The first-order valence-corrected chi connectivity index (χ1v) is 8.25. The predicted octanol–water partition coefficient (Wildman–Crippen LogP) is 1.46. The molecule has 1 aromatic heterocycles. The monoisotopic (exact) mass is 325 g/mol. The van der Waals surface area contributed by atoms with Crippen LogP contribution >= 0.6 is 27.3 Å². The van der Waals surface area contributed by atoms with E-state index in [-0.39, 0.29) is 18.0 Å². The number of sulfone groups is 1. The van der Waals surface area contributed by atoms with E-state index in [9.17, 15) is 13.2 Å². The van der Waals surface area contributed by atoms with Crippen LogP contribution in [0.3, 0.4) is 0 Å². The fourth-order valence-electron chi connectivity index (χ4n) is 1.11. The van der Waals surface area contributed by atoms with E-state index in [2.05, 4.69) is 15.9 Å². The van der Waals surface area contributed by atoms with Crippen LogP contribution in [0.15, 0.2) is 15.9 Å². The molecule has 0 spiro atoms. The van der Waals surface area contributed by atoms with Gasteiger partial charge < -0.3 is 5.73 Å². The van der Waals surface area contributed by atoms with Crippen molar-refractivity contribution >= 4 is 42.9 Å². The van der Waals surface area contributed by atoms with Crippen molar-refractivity contribution in [3.63, 3.8) is 0 Å². The summed E-state index contributed by atoms with van der Waals surface area (Å²) < 4.78 is 22.6. The minimum absolute atomic E-state index is 0.0666. The van der Waals surface area contributed by atoms with Crippen molar-refractivity contribution in [2.24, 2.45) is 5.73 Å². The maximum absolute atomic E-state index is 11.8. The normalized spacial score (nSPS) is 13.7. The molecule has 0 aliphatic rings. The number of Topliss-reactive ketones (excluding diaryl/α,β-unsaturated/α-hetero) is 1. The standard InChI is InChI=1S/C9H12BrNO3S2/c1-16(13,14)5-3-7(11)8(12)9-6(10)2-4-15-9/h2,4,7H,3,5,11H2,1H3. The fourth-order valence-corrected chi connectivity index (χ4v) is 3.36. The number of carbonyl (C=O) groups excluding carboxylic acids is 1. The lowest BCUT2D eigenvalue weighted by Gasteiger charge is -2.08. The molecule has 7 heteroatoms. The highest BCUT2D eigenvalue weighted by molar-refractivity contribution is 9.10. The molecule has 1 unspecified atom stereocenters. The average Bonchev–Trinajstić information content (AvgIpc) is 2.58. The molecular formula is C9H12BrNO3S2. The molecular weight excluding hydrogens is 314 g/mol. The third-order valence-corrected chi connectivity index (χ3v) is 4.81. The molecule has 90 valence electrons. The van der Waals surface area contributed by atoms with E-state index in [0.29, 0.717) is 9.35 Å². The lowest BCUT2D eigenvalue weighted by atomic mass is 10.1. The zero-order valence-electron chi connectivity index (χ0n) is 8.64. The Hall–Kier alpha value is -0.240. The van der Waals surface area contributed by atoms with Crippen molar-refractivity contribution in [2.75, 3.05) is 12.0 Å². The summed E-state index contributed by atoms with van der Waals surface area (Å²) in [5, 5.41) is 1.78. The third kappa shape index (κ3) is 3.97. The molecule has 2 N–H and O–H groups in total. The largest absolute Gasteiger partial charge is 0.321 e. The van der Waals surface area contributed by atoms with Gasteiger partial charge in [-0.3, -0.25) is 4.79 Å². The van der Waals surface area contributed by atoms with Crippen molar-refractivity contribution in [1.29, 1.82) is 0 Å². The van der Waals surface area contributed by atoms with Crippen LogP contribution in [-0.2, 0) is 9.84 Å². The lowest BCUT2D eigenvalue weighted by molar-refractivity contribution is 0.0963. The summed E-state index contributed by atoms with van der Waals surface area (Å²) in [6, 6.07) is 1.01. The number of rotatable bonds is 5. The number of nitrogens with two attached hydrogens (primary N) is 1. The van der Waals surface area contributed by atoms with E-state index in [1.165, 1.54) is 11.3 Å². The summed E-state index contributed by atoms with van der Waals surface area (Å²) >= 11 is 4.54. The average molecular weight is 326 g/mol. The zero-order chi connectivity index (χ0) is 12.3. The Morgan fingerprint density at radius 1 is 1.62 bits per heavy atom. The van der Waals surface area contributed by atoms with Crippen LogP contribution < -0.4 is 5.73 Å². The van der Waals surface area contributed by atoms with Crippen LogP contribution in [0.2, 0.25) is 0 Å². The quantitative estimate of drug-likeness (QED) is 0.831. The van der Waals surface area contributed by atoms with Crippen molar-refractivity contribution in [3.8, 4) is 0 Å². The number of hydrogen-bond donors (Lipinski definition) is 1. The molecule has 0 fully saturated rings. The molecule has 0 aliphatic heterocycles. The Morgan fingerprint density at radius 3 is 2.69 bits per heavy atom. The minimum Gasteiger partial charge on any atom is -0.321 e. The van der Waals surface area contributed by atoms with Crippen LogP contribution in [0, 0.1) is 0 Å². The van der Waals surface area contributed by atoms with Crippen molar-refractivity contribution in [2.45, 2.75) is 12.5 Å². The van der Waals surface area contributed by atoms with E-state index in [4.69, 9.17) is 5.73 Å². The van der Waals surface area contributed by atoms with Gasteiger partial charge in [-0.05, 0) is 33.8 Å². The van der Waals surface area contributed by atoms with Gasteiger partial charge in [0.1, 0.15) is 9.84 Å². The summed E-state index contributed by atoms with van der Waals surface area (Å²) in [4.78, 5) is 12.3. The summed E-state index contributed by atoms with van der Waals surface area (Å²) in [6.45, 7) is 0. The van der Waals surface area contributed by atoms with Crippen molar-refractivity contribution < 1.29 is 13.2 Å². The van der Waals surface area contributed by atoms with E-state index in [1.54, 1.807) is 11.4 Å². The zero-order valence-corrected chi connectivity index (χ0v) is 11.9. The molecule has 1 rings (SSSR count). The molecule has 0 amide bonds. The van der Waals surface area contributed by atoms with Gasteiger partial charge in [-0.15, -0.1) is 11.3 Å². The first-order valence-electron chi connectivity index (χ1n) is 4.52. The number of halogens is 1. The van der Waals surface area contributed by atoms with Crippen LogP contribution in [0.5, 0.6) is 0 Å². The molecule has 16 heavy (non-hydrogen) atoms. The van der Waals surface area contributed by atoms with Crippen LogP contribution in [-0.4, -0.2) is 32.3 Å². The van der Waals surface area contributed by atoms with Gasteiger partial charge in [-0.2, -0.15) is 0 Å². The van der Waals surface area contributed by atoms with Gasteiger partial charge in [-0.1, -0.05) is 0 Å². The van der Waals surface area contributed by atoms with Crippen molar-refractivity contribution in [3.05, 3.63) is 20.8 Å². The highest BCUT2D eigenvalue weighted by Gasteiger charge is 2.20. The van der Waals surface area contributed by atoms with Crippen LogP contribution in [0.25, 0.3) is 0 Å². The number of thiophene rings is 1. The van der Waals surface area contributed by atoms with Crippen LogP contribution in [0.1, 0.15) is 16.1 Å². The van der Waals surface area contributed by atoms with Crippen LogP contribution in [0.4, 0.5) is 0 Å². The fraction of sp³-hybridized carbons (Fsp3) is 0.444. The van der Waals surface area contributed by atoms with E-state index in [1.807, 2.05) is 0 Å². The molecule has 0 aromatic carbocycles. The minimum atomic E-state index is -3.07. The summed E-state index contributed by atoms with van der Waals surface area (Å²) in [6.07, 6.45) is 1.28. The Morgan fingerprint density at radius 2 is 2.25 bits per heavy atom. The van der Waals surface area contributed by atoms with Gasteiger partial charge in [0, 0.05) is 10.7 Å². The molecule has 0 saturated heterocycles. The van der Waals surface area contributed by atoms with Gasteiger partial charge in [0.05, 0.1) is 16.7 Å². The highest BCUT2D eigenvalue weighted by Crippen LogP contribution is 2.24. The molecule has 0 radical (unpaired) electrons. The van der Waals surface area contributed by atoms with E-state index in [0.717, 1.165) is 6.26 Å². The number of hydrogen-bond acceptors (Lipinski definition) is 5. The van der Waals surface area contributed by atoms with Crippen molar-refractivity contribution in [1.82, 2.24) is 0 Å². The Balaban J connectivity index is 2.66. The molecule has 0 saturated carbocycles. The van der Waals surface area contributed by atoms with Gasteiger partial charge >= 0.3 is 0 Å². The molecule has 0 bridgehead atoms. The lowest BCUT2D eigenvalue weighted by Crippen LogP contribution is -2.32. The second-order valence-corrected chi connectivity index (χ2v) is 7.52. The smallest absolute Gasteiger partial charge is 0.190 e. The van der Waals surface area contributed by atoms with Gasteiger partial charge in [0.2, 0.25) is 0 Å². The van der Waals surface area contributed by atoms with E-state index < -0.39 is 15.9 Å². The highest BCUT2D eigenvalue weighted by atomic mass is 79.9. The molecule has 1 atom stereocenters. The predicted molar refractivity (Wildman–Crippen MR) is 68.7 cm³/mol. The van der Waals surface area contributed by atoms with Gasteiger partial charge in [0.25, 0.3) is 0 Å².